The molecule has 0 aliphatic rings. The van der Waals surface area contributed by atoms with Gasteiger partial charge in [0, 0.05) is 7.05 Å². The minimum atomic E-state index is -0.0234. The van der Waals surface area contributed by atoms with E-state index in [-0.39, 0.29) is 6.04 Å². The zero-order chi connectivity index (χ0) is 11.5. The third kappa shape index (κ3) is 1.92. The molecule has 7 nitrogen and oxygen atoms in total. The van der Waals surface area contributed by atoms with Gasteiger partial charge in [0.05, 0.1) is 17.9 Å². The largest absolute Gasteiger partial charge is 0.394 e. The van der Waals surface area contributed by atoms with Crippen LogP contribution in [0.25, 0.3) is 0 Å². The number of aromatic nitrogens is 5. The van der Waals surface area contributed by atoms with Gasteiger partial charge in [0.1, 0.15) is 12.7 Å². The van der Waals surface area contributed by atoms with Crippen LogP contribution in [-0.2, 0) is 7.05 Å². The lowest BCUT2D eigenvalue weighted by atomic mass is 10.3. The van der Waals surface area contributed by atoms with E-state index in [1.165, 1.54) is 6.33 Å². The van der Waals surface area contributed by atoms with Gasteiger partial charge < -0.3 is 15.6 Å². The molecule has 0 aliphatic carbocycles. The predicted molar refractivity (Wildman–Crippen MR) is 59.5 cm³/mol. The number of nitrogens with two attached hydrogens (primary N) is 1. The average Bonchev–Trinajstić information content (AvgIpc) is 2.68. The average molecular weight is 219 g/mol. The zero-order valence-corrected chi connectivity index (χ0v) is 9.12. The van der Waals surface area contributed by atoms with E-state index in [4.69, 9.17) is 5.73 Å². The Morgan fingerprint density at radius 1 is 1.50 bits per heavy atom. The van der Waals surface area contributed by atoms with Gasteiger partial charge in [-0.2, -0.15) is 0 Å². The number of anilines is 2. The third-order valence-corrected chi connectivity index (χ3v) is 2.23. The van der Waals surface area contributed by atoms with Crippen molar-refractivity contribution in [3.05, 3.63) is 24.7 Å². The third-order valence-electron chi connectivity index (χ3n) is 2.23. The predicted octanol–water partition coefficient (Wildman–Crippen LogP) is 0.360. The summed E-state index contributed by atoms with van der Waals surface area (Å²) in [5.74, 6) is 1.42. The minimum absolute atomic E-state index is 0.0234. The molecule has 3 N–H and O–H groups in total. The zero-order valence-electron chi connectivity index (χ0n) is 9.12. The van der Waals surface area contributed by atoms with E-state index in [0.717, 1.165) is 5.82 Å². The molecule has 2 rings (SSSR count). The summed E-state index contributed by atoms with van der Waals surface area (Å²) < 4.78 is 1.84. The van der Waals surface area contributed by atoms with Crippen molar-refractivity contribution in [3.8, 4) is 0 Å². The molecule has 16 heavy (non-hydrogen) atoms. The molecule has 1 unspecified atom stereocenters. The molecular formula is C9H13N7. The molecule has 0 amide bonds. The molecule has 0 saturated carbocycles. The van der Waals surface area contributed by atoms with E-state index in [1.807, 2.05) is 18.5 Å². The second kappa shape index (κ2) is 4.13. The number of nitrogens with one attached hydrogen (secondary N) is 1. The van der Waals surface area contributed by atoms with E-state index in [2.05, 4.69) is 25.5 Å². The first-order chi connectivity index (χ1) is 7.68. The molecule has 0 bridgehead atoms. The highest BCUT2D eigenvalue weighted by molar-refractivity contribution is 5.59. The fourth-order valence-corrected chi connectivity index (χ4v) is 1.41. The highest BCUT2D eigenvalue weighted by Crippen LogP contribution is 2.18. The SMILES string of the molecule is CC(Nc1ncncc1N)c1nncn1C. The van der Waals surface area contributed by atoms with Crippen LogP contribution in [0.15, 0.2) is 18.9 Å². The maximum Gasteiger partial charge on any atom is 0.154 e. The Balaban J connectivity index is 2.17. The van der Waals surface area contributed by atoms with Gasteiger partial charge in [0.2, 0.25) is 0 Å². The van der Waals surface area contributed by atoms with Crippen LogP contribution < -0.4 is 11.1 Å². The highest BCUT2D eigenvalue weighted by atomic mass is 15.3. The molecule has 1 atom stereocenters. The van der Waals surface area contributed by atoms with Crippen LogP contribution in [0.1, 0.15) is 18.8 Å². The standard InChI is InChI=1S/C9H13N7/c1-6(9-15-13-5-16(9)2)14-8-7(10)3-11-4-12-8/h3-6H,10H2,1-2H3,(H,11,12,14). The maximum atomic E-state index is 5.73. The fourth-order valence-electron chi connectivity index (χ4n) is 1.41. The molecule has 2 aromatic rings. The molecule has 0 aliphatic heterocycles. The van der Waals surface area contributed by atoms with Crippen LogP contribution in [0.3, 0.4) is 0 Å². The molecule has 7 heteroatoms. The van der Waals surface area contributed by atoms with Crippen molar-refractivity contribution in [3.63, 3.8) is 0 Å². The van der Waals surface area contributed by atoms with Crippen molar-refractivity contribution >= 4 is 11.5 Å². The molecular weight excluding hydrogens is 206 g/mol. The number of hydrogen-bond acceptors (Lipinski definition) is 6. The first kappa shape index (κ1) is 10.3. The monoisotopic (exact) mass is 219 g/mol. The molecule has 0 fully saturated rings. The summed E-state index contributed by atoms with van der Waals surface area (Å²) in [6, 6.07) is -0.0234. The van der Waals surface area contributed by atoms with Gasteiger partial charge in [-0.25, -0.2) is 9.97 Å². The van der Waals surface area contributed by atoms with E-state index < -0.39 is 0 Å². The lowest BCUT2D eigenvalue weighted by molar-refractivity contribution is 0.716. The number of nitrogens with zero attached hydrogens (tertiary/aromatic N) is 5. The second-order valence-electron chi connectivity index (χ2n) is 3.49. The van der Waals surface area contributed by atoms with Gasteiger partial charge in [-0.15, -0.1) is 10.2 Å². The van der Waals surface area contributed by atoms with Crippen molar-refractivity contribution in [2.24, 2.45) is 7.05 Å². The van der Waals surface area contributed by atoms with Crippen LogP contribution in [0.2, 0.25) is 0 Å². The van der Waals surface area contributed by atoms with Gasteiger partial charge in [-0.05, 0) is 6.92 Å². The summed E-state index contributed by atoms with van der Waals surface area (Å²) in [5, 5.41) is 11.0. The fraction of sp³-hybridized carbons (Fsp3) is 0.333. The number of rotatable bonds is 3. The summed E-state index contributed by atoms with van der Waals surface area (Å²) in [7, 11) is 1.89. The lowest BCUT2D eigenvalue weighted by Crippen LogP contribution is -2.14. The van der Waals surface area contributed by atoms with Gasteiger partial charge in [-0.1, -0.05) is 0 Å². The normalized spacial score (nSPS) is 12.4. The Morgan fingerprint density at radius 2 is 2.31 bits per heavy atom. The van der Waals surface area contributed by atoms with E-state index in [1.54, 1.807) is 12.5 Å². The molecule has 0 spiro atoms. The second-order valence-corrected chi connectivity index (χ2v) is 3.49. The Labute approximate surface area is 92.7 Å². The summed E-state index contributed by atoms with van der Waals surface area (Å²) in [6.07, 6.45) is 4.65. The summed E-state index contributed by atoms with van der Waals surface area (Å²) in [5.41, 5.74) is 6.24. The molecule has 0 saturated heterocycles. The number of aryl methyl sites for hydroxylation is 1. The Bertz CT molecular complexity index is 478. The number of nitrogen functional groups attached to an aromatic ring is 1. The van der Waals surface area contributed by atoms with Crippen LogP contribution in [0.4, 0.5) is 11.5 Å². The van der Waals surface area contributed by atoms with Crippen LogP contribution in [-0.4, -0.2) is 24.7 Å². The maximum absolute atomic E-state index is 5.73. The summed E-state index contributed by atoms with van der Waals surface area (Å²) >= 11 is 0. The van der Waals surface area contributed by atoms with Crippen molar-refractivity contribution in [2.45, 2.75) is 13.0 Å². The van der Waals surface area contributed by atoms with E-state index >= 15 is 0 Å². The first-order valence-electron chi connectivity index (χ1n) is 4.84. The summed E-state index contributed by atoms with van der Waals surface area (Å²) in [4.78, 5) is 7.88. The van der Waals surface area contributed by atoms with Gasteiger partial charge in [0.15, 0.2) is 11.6 Å². The first-order valence-corrected chi connectivity index (χ1v) is 4.84. The van der Waals surface area contributed by atoms with Gasteiger partial charge in [0.25, 0.3) is 0 Å². The Morgan fingerprint density at radius 3 is 2.94 bits per heavy atom. The molecule has 2 aromatic heterocycles. The van der Waals surface area contributed by atoms with Crippen LogP contribution in [0, 0.1) is 0 Å². The van der Waals surface area contributed by atoms with Crippen LogP contribution in [0.5, 0.6) is 0 Å². The molecule has 2 heterocycles. The Kier molecular flexibility index (Phi) is 2.67. The molecule has 84 valence electrons. The number of hydrogen-bond donors (Lipinski definition) is 2. The van der Waals surface area contributed by atoms with Crippen molar-refractivity contribution < 1.29 is 0 Å². The van der Waals surface area contributed by atoms with E-state index in [0.29, 0.717) is 11.5 Å². The van der Waals surface area contributed by atoms with Gasteiger partial charge in [-0.3, -0.25) is 0 Å². The topological polar surface area (TPSA) is 94.5 Å². The van der Waals surface area contributed by atoms with Crippen LogP contribution >= 0.6 is 0 Å². The van der Waals surface area contributed by atoms with Gasteiger partial charge >= 0.3 is 0 Å². The van der Waals surface area contributed by atoms with Crippen molar-refractivity contribution in [1.82, 2.24) is 24.7 Å². The Hall–Kier alpha value is -2.18. The molecule has 0 radical (unpaired) electrons. The highest BCUT2D eigenvalue weighted by Gasteiger charge is 2.12. The smallest absolute Gasteiger partial charge is 0.154 e. The van der Waals surface area contributed by atoms with E-state index in [9.17, 15) is 0 Å². The lowest BCUT2D eigenvalue weighted by Gasteiger charge is -2.14. The van der Waals surface area contributed by atoms with Crippen molar-refractivity contribution in [2.75, 3.05) is 11.1 Å². The molecule has 0 aromatic carbocycles. The quantitative estimate of drug-likeness (QED) is 0.774. The minimum Gasteiger partial charge on any atom is -0.394 e. The van der Waals surface area contributed by atoms with Crippen molar-refractivity contribution in [1.29, 1.82) is 0 Å². The summed E-state index contributed by atoms with van der Waals surface area (Å²) in [6.45, 7) is 1.96.